The van der Waals surface area contributed by atoms with Gasteiger partial charge in [-0.3, -0.25) is 4.79 Å². The third kappa shape index (κ3) is 3.68. The fourth-order valence-corrected chi connectivity index (χ4v) is 2.16. The molecular weight excluding hydrogens is 216 g/mol. The van der Waals surface area contributed by atoms with Crippen molar-refractivity contribution in [2.45, 2.75) is 64.1 Å². The maximum Gasteiger partial charge on any atom is 0.252 e. The molecule has 1 aliphatic heterocycles. The molecule has 0 aromatic carbocycles. The van der Waals surface area contributed by atoms with E-state index in [1.54, 1.807) is 7.11 Å². The summed E-state index contributed by atoms with van der Waals surface area (Å²) in [5.41, 5.74) is -0.705. The largest absolute Gasteiger partial charge is 0.369 e. The molecule has 2 N–H and O–H groups in total. The van der Waals surface area contributed by atoms with Crippen LogP contribution in [0, 0.1) is 0 Å². The van der Waals surface area contributed by atoms with Gasteiger partial charge in [-0.25, -0.2) is 0 Å². The Bertz CT molecular complexity index is 246. The Labute approximate surface area is 104 Å². The van der Waals surface area contributed by atoms with Crippen molar-refractivity contribution in [3.63, 3.8) is 0 Å². The molecule has 3 atom stereocenters. The highest BCUT2D eigenvalue weighted by Crippen LogP contribution is 2.16. The van der Waals surface area contributed by atoms with Crippen LogP contribution in [-0.4, -0.2) is 37.2 Å². The van der Waals surface area contributed by atoms with Crippen LogP contribution in [0.3, 0.4) is 0 Å². The molecule has 0 saturated carbocycles. The maximum atomic E-state index is 12.1. The predicted molar refractivity (Wildman–Crippen MR) is 69.0 cm³/mol. The summed E-state index contributed by atoms with van der Waals surface area (Å²) in [4.78, 5) is 12.1. The zero-order valence-corrected chi connectivity index (χ0v) is 11.5. The second kappa shape index (κ2) is 6.36. The summed E-state index contributed by atoms with van der Waals surface area (Å²) in [6.45, 7) is 6.92. The summed E-state index contributed by atoms with van der Waals surface area (Å²) < 4.78 is 5.30. The van der Waals surface area contributed by atoms with E-state index in [9.17, 15) is 4.79 Å². The second-order valence-corrected chi connectivity index (χ2v) is 5.11. The van der Waals surface area contributed by atoms with E-state index in [1.165, 1.54) is 12.8 Å². The number of ether oxygens (including phenoxy) is 1. The lowest BCUT2D eigenvalue weighted by atomic mass is 9.97. The molecule has 0 aromatic rings. The average molecular weight is 242 g/mol. The van der Waals surface area contributed by atoms with E-state index in [4.69, 9.17) is 4.74 Å². The number of rotatable bonds is 5. The molecule has 0 bridgehead atoms. The van der Waals surface area contributed by atoms with Crippen molar-refractivity contribution in [3.05, 3.63) is 0 Å². The van der Waals surface area contributed by atoms with Gasteiger partial charge < -0.3 is 15.4 Å². The average Bonchev–Trinajstić information content (AvgIpc) is 2.38. The van der Waals surface area contributed by atoms with E-state index < -0.39 is 5.60 Å². The number of piperidine rings is 1. The lowest BCUT2D eigenvalue weighted by Gasteiger charge is -2.33. The molecule has 17 heavy (non-hydrogen) atoms. The van der Waals surface area contributed by atoms with Crippen molar-refractivity contribution in [3.8, 4) is 0 Å². The van der Waals surface area contributed by atoms with Gasteiger partial charge in [0.1, 0.15) is 5.60 Å². The van der Waals surface area contributed by atoms with Crippen LogP contribution in [0.4, 0.5) is 0 Å². The number of amides is 1. The molecule has 100 valence electrons. The molecule has 1 aliphatic rings. The first-order valence-corrected chi connectivity index (χ1v) is 6.63. The third-order valence-electron chi connectivity index (χ3n) is 3.92. The van der Waals surface area contributed by atoms with Gasteiger partial charge in [0.2, 0.25) is 0 Å². The lowest BCUT2D eigenvalue weighted by molar-refractivity contribution is -0.142. The molecule has 1 rings (SSSR count). The zero-order chi connectivity index (χ0) is 12.9. The Balaban J connectivity index is 2.49. The molecule has 4 heteroatoms. The number of hydrogen-bond acceptors (Lipinski definition) is 3. The van der Waals surface area contributed by atoms with Crippen LogP contribution in [0.2, 0.25) is 0 Å². The number of nitrogens with one attached hydrogen (secondary N) is 2. The van der Waals surface area contributed by atoms with Crippen LogP contribution in [0.15, 0.2) is 0 Å². The summed E-state index contributed by atoms with van der Waals surface area (Å²) in [7, 11) is 1.59. The Morgan fingerprint density at radius 2 is 2.29 bits per heavy atom. The van der Waals surface area contributed by atoms with Gasteiger partial charge >= 0.3 is 0 Å². The molecule has 0 radical (unpaired) electrons. The molecule has 1 fully saturated rings. The maximum absolute atomic E-state index is 12.1. The summed E-state index contributed by atoms with van der Waals surface area (Å²) in [6, 6.07) is 0.550. The number of carbonyl (C=O) groups is 1. The molecule has 1 amide bonds. The highest BCUT2D eigenvalue weighted by molar-refractivity contribution is 5.85. The fourth-order valence-electron chi connectivity index (χ4n) is 2.16. The van der Waals surface area contributed by atoms with Gasteiger partial charge in [-0.15, -0.1) is 0 Å². The van der Waals surface area contributed by atoms with Gasteiger partial charge in [0.25, 0.3) is 5.91 Å². The quantitative estimate of drug-likeness (QED) is 0.767. The minimum Gasteiger partial charge on any atom is -0.369 e. The standard InChI is InChI=1S/C13H26N2O2/c1-5-13(3,17-4)12(16)15-10(2)11-8-6-7-9-14-11/h10-11,14H,5-9H2,1-4H3,(H,15,16). The SMILES string of the molecule is CCC(C)(OC)C(=O)NC(C)C1CCCCN1. The summed E-state index contributed by atoms with van der Waals surface area (Å²) in [5, 5.41) is 6.52. The van der Waals surface area contributed by atoms with Crippen molar-refractivity contribution in [1.29, 1.82) is 0 Å². The first-order valence-electron chi connectivity index (χ1n) is 6.63. The highest BCUT2D eigenvalue weighted by atomic mass is 16.5. The Morgan fingerprint density at radius 1 is 1.59 bits per heavy atom. The highest BCUT2D eigenvalue weighted by Gasteiger charge is 2.33. The first-order chi connectivity index (χ1) is 8.03. The van der Waals surface area contributed by atoms with Crippen molar-refractivity contribution < 1.29 is 9.53 Å². The number of methoxy groups -OCH3 is 1. The Hall–Kier alpha value is -0.610. The summed E-state index contributed by atoms with van der Waals surface area (Å²) in [6.07, 6.45) is 4.30. The van der Waals surface area contributed by atoms with E-state index in [1.807, 2.05) is 13.8 Å². The smallest absolute Gasteiger partial charge is 0.252 e. The molecular formula is C13H26N2O2. The van der Waals surface area contributed by atoms with Crippen molar-refractivity contribution in [2.24, 2.45) is 0 Å². The predicted octanol–water partition coefficient (Wildman–Crippen LogP) is 1.45. The van der Waals surface area contributed by atoms with Crippen molar-refractivity contribution in [1.82, 2.24) is 10.6 Å². The van der Waals surface area contributed by atoms with Crippen molar-refractivity contribution in [2.75, 3.05) is 13.7 Å². The van der Waals surface area contributed by atoms with Crippen LogP contribution in [-0.2, 0) is 9.53 Å². The van der Waals surface area contributed by atoms with Gasteiger partial charge in [-0.05, 0) is 39.7 Å². The van der Waals surface area contributed by atoms with Crippen LogP contribution < -0.4 is 10.6 Å². The molecule has 4 nitrogen and oxygen atoms in total. The van der Waals surface area contributed by atoms with Crippen molar-refractivity contribution >= 4 is 5.91 Å². The van der Waals surface area contributed by atoms with Crippen LogP contribution in [0.25, 0.3) is 0 Å². The Morgan fingerprint density at radius 3 is 2.76 bits per heavy atom. The minimum atomic E-state index is -0.705. The monoisotopic (exact) mass is 242 g/mol. The van der Waals surface area contributed by atoms with Gasteiger partial charge in [-0.2, -0.15) is 0 Å². The lowest BCUT2D eigenvalue weighted by Crippen LogP contribution is -2.55. The molecule has 3 unspecified atom stereocenters. The van der Waals surface area contributed by atoms with E-state index in [-0.39, 0.29) is 11.9 Å². The molecule has 0 spiro atoms. The normalized spacial score (nSPS) is 26.0. The summed E-state index contributed by atoms with van der Waals surface area (Å²) >= 11 is 0. The van der Waals surface area contributed by atoms with Gasteiger partial charge in [0.05, 0.1) is 0 Å². The minimum absolute atomic E-state index is 0.0117. The van der Waals surface area contributed by atoms with E-state index in [0.29, 0.717) is 12.5 Å². The topological polar surface area (TPSA) is 50.4 Å². The molecule has 1 heterocycles. The molecule has 0 aromatic heterocycles. The first kappa shape index (κ1) is 14.5. The Kier molecular flexibility index (Phi) is 5.40. The van der Waals surface area contributed by atoms with E-state index in [0.717, 1.165) is 13.0 Å². The zero-order valence-electron chi connectivity index (χ0n) is 11.5. The van der Waals surface area contributed by atoms with Gasteiger partial charge in [-0.1, -0.05) is 13.3 Å². The number of carbonyl (C=O) groups excluding carboxylic acids is 1. The van der Waals surface area contributed by atoms with Crippen LogP contribution in [0.5, 0.6) is 0 Å². The van der Waals surface area contributed by atoms with Crippen LogP contribution >= 0.6 is 0 Å². The van der Waals surface area contributed by atoms with Gasteiger partial charge in [0, 0.05) is 19.2 Å². The molecule has 0 aliphatic carbocycles. The van der Waals surface area contributed by atoms with Crippen LogP contribution in [0.1, 0.15) is 46.5 Å². The van der Waals surface area contributed by atoms with E-state index >= 15 is 0 Å². The number of hydrogen-bond donors (Lipinski definition) is 2. The molecule has 1 saturated heterocycles. The summed E-state index contributed by atoms with van der Waals surface area (Å²) in [5.74, 6) is -0.0117. The second-order valence-electron chi connectivity index (χ2n) is 5.11. The van der Waals surface area contributed by atoms with E-state index in [2.05, 4.69) is 17.6 Å². The third-order valence-corrected chi connectivity index (χ3v) is 3.92. The fraction of sp³-hybridized carbons (Fsp3) is 0.923. The van der Waals surface area contributed by atoms with Gasteiger partial charge in [0.15, 0.2) is 0 Å².